The lowest BCUT2D eigenvalue weighted by Gasteiger charge is -2.42. The van der Waals surface area contributed by atoms with Crippen LogP contribution in [0.2, 0.25) is 0 Å². The van der Waals surface area contributed by atoms with E-state index in [9.17, 15) is 5.26 Å². The molecule has 0 aromatic rings. The van der Waals surface area contributed by atoms with Crippen LogP contribution >= 0.6 is 0 Å². The first-order valence-corrected chi connectivity index (χ1v) is 6.76. The molecule has 0 aromatic carbocycles. The Morgan fingerprint density at radius 1 is 1.12 bits per heavy atom. The first-order chi connectivity index (χ1) is 7.88. The molecule has 0 aromatic heterocycles. The fourth-order valence-electron chi connectivity index (χ4n) is 3.72. The van der Waals surface area contributed by atoms with E-state index in [0.717, 1.165) is 6.42 Å². The van der Waals surface area contributed by atoms with Crippen molar-refractivity contribution in [2.24, 2.45) is 11.8 Å². The van der Waals surface area contributed by atoms with Gasteiger partial charge in [0.05, 0.1) is 12.0 Å². The number of rotatable bonds is 0. The molecule has 1 heterocycles. The third kappa shape index (κ3) is 1.68. The summed E-state index contributed by atoms with van der Waals surface area (Å²) >= 11 is 0. The van der Waals surface area contributed by atoms with E-state index in [0.29, 0.717) is 18.0 Å². The van der Waals surface area contributed by atoms with Gasteiger partial charge in [-0.25, -0.2) is 0 Å². The number of nitrogens with one attached hydrogen (secondary N) is 1. The number of nitrogens with zero attached hydrogens (tertiary/aromatic N) is 1. The predicted molar refractivity (Wildman–Crippen MR) is 63.7 cm³/mol. The Kier molecular flexibility index (Phi) is 2.73. The molecule has 0 spiro atoms. The highest BCUT2D eigenvalue weighted by molar-refractivity contribution is 5.27. The Morgan fingerprint density at radius 2 is 2.00 bits per heavy atom. The van der Waals surface area contributed by atoms with Gasteiger partial charge in [-0.15, -0.1) is 0 Å². The fourth-order valence-corrected chi connectivity index (χ4v) is 3.72. The molecule has 0 radical (unpaired) electrons. The molecular weight excluding hydrogens is 196 g/mol. The zero-order valence-electron chi connectivity index (χ0n) is 9.78. The largest absolute Gasteiger partial charge is 0.307 e. The number of nitriles is 1. The number of fused-ring (bicyclic) bond motifs is 2. The molecular formula is C14H20N2. The Bertz CT molecular complexity index is 339. The van der Waals surface area contributed by atoms with E-state index in [2.05, 4.69) is 17.5 Å². The molecule has 1 N–H and O–H groups in total. The minimum absolute atomic E-state index is 0.203. The van der Waals surface area contributed by atoms with Gasteiger partial charge in [0.2, 0.25) is 0 Å². The SMILES string of the molecule is N#CC1CCCC2NC3CCCCC3C=C12. The molecule has 0 amide bonds. The van der Waals surface area contributed by atoms with E-state index in [1.165, 1.54) is 44.1 Å². The van der Waals surface area contributed by atoms with Gasteiger partial charge in [-0.2, -0.15) is 5.26 Å². The first-order valence-electron chi connectivity index (χ1n) is 6.76. The van der Waals surface area contributed by atoms with Crippen molar-refractivity contribution < 1.29 is 0 Å². The smallest absolute Gasteiger partial charge is 0.0700 e. The van der Waals surface area contributed by atoms with Crippen LogP contribution in [0.3, 0.4) is 0 Å². The van der Waals surface area contributed by atoms with Crippen molar-refractivity contribution in [3.05, 3.63) is 11.6 Å². The third-order valence-electron chi connectivity index (χ3n) is 4.59. The Labute approximate surface area is 97.7 Å². The van der Waals surface area contributed by atoms with Crippen molar-refractivity contribution in [1.82, 2.24) is 5.32 Å². The van der Waals surface area contributed by atoms with Crippen LogP contribution in [0.4, 0.5) is 0 Å². The molecule has 0 bridgehead atoms. The fraction of sp³-hybridized carbons (Fsp3) is 0.786. The molecule has 4 unspecified atom stereocenters. The molecule has 2 fully saturated rings. The molecule has 86 valence electrons. The summed E-state index contributed by atoms with van der Waals surface area (Å²) in [5, 5.41) is 13.0. The number of hydrogen-bond acceptors (Lipinski definition) is 2. The molecule has 2 heteroatoms. The normalized spacial score (nSPS) is 42.6. The van der Waals surface area contributed by atoms with Gasteiger partial charge in [0.1, 0.15) is 0 Å². The highest BCUT2D eigenvalue weighted by Crippen LogP contribution is 2.38. The quantitative estimate of drug-likeness (QED) is 0.632. The van der Waals surface area contributed by atoms with Crippen LogP contribution in [0, 0.1) is 23.2 Å². The lowest BCUT2D eigenvalue weighted by atomic mass is 9.72. The van der Waals surface area contributed by atoms with Gasteiger partial charge in [-0.1, -0.05) is 18.9 Å². The monoisotopic (exact) mass is 216 g/mol. The second kappa shape index (κ2) is 4.22. The maximum atomic E-state index is 9.21. The highest BCUT2D eigenvalue weighted by atomic mass is 15.0. The van der Waals surface area contributed by atoms with Gasteiger partial charge >= 0.3 is 0 Å². The van der Waals surface area contributed by atoms with Crippen molar-refractivity contribution >= 4 is 0 Å². The molecule has 2 aliphatic carbocycles. The summed E-state index contributed by atoms with van der Waals surface area (Å²) in [4.78, 5) is 0. The summed E-state index contributed by atoms with van der Waals surface area (Å²) in [6, 6.07) is 3.72. The Hall–Kier alpha value is -0.810. The highest BCUT2D eigenvalue weighted by Gasteiger charge is 2.36. The van der Waals surface area contributed by atoms with Gasteiger partial charge in [0.25, 0.3) is 0 Å². The van der Waals surface area contributed by atoms with E-state index in [-0.39, 0.29) is 5.92 Å². The van der Waals surface area contributed by atoms with Crippen LogP contribution in [0.1, 0.15) is 44.9 Å². The lowest BCUT2D eigenvalue weighted by molar-refractivity contribution is 0.246. The summed E-state index contributed by atoms with van der Waals surface area (Å²) in [5.41, 5.74) is 1.43. The van der Waals surface area contributed by atoms with Crippen LogP contribution < -0.4 is 5.32 Å². The predicted octanol–water partition coefficient (Wildman–Crippen LogP) is 2.77. The van der Waals surface area contributed by atoms with Crippen LogP contribution in [-0.4, -0.2) is 12.1 Å². The first kappa shape index (κ1) is 10.4. The van der Waals surface area contributed by atoms with Crippen LogP contribution in [0.15, 0.2) is 11.6 Å². The molecule has 2 nitrogen and oxygen atoms in total. The van der Waals surface area contributed by atoms with E-state index in [4.69, 9.17) is 0 Å². The molecule has 0 saturated heterocycles. The maximum Gasteiger partial charge on any atom is 0.0700 e. The van der Waals surface area contributed by atoms with Gasteiger partial charge in [0, 0.05) is 12.1 Å². The zero-order valence-corrected chi connectivity index (χ0v) is 9.78. The van der Waals surface area contributed by atoms with Crippen molar-refractivity contribution in [3.8, 4) is 6.07 Å². The van der Waals surface area contributed by atoms with Crippen molar-refractivity contribution in [2.75, 3.05) is 0 Å². The van der Waals surface area contributed by atoms with Gasteiger partial charge < -0.3 is 5.32 Å². The minimum atomic E-state index is 0.203. The van der Waals surface area contributed by atoms with Crippen molar-refractivity contribution in [3.63, 3.8) is 0 Å². The second-order valence-electron chi connectivity index (χ2n) is 5.55. The van der Waals surface area contributed by atoms with E-state index >= 15 is 0 Å². The van der Waals surface area contributed by atoms with E-state index in [1.54, 1.807) is 0 Å². The summed E-state index contributed by atoms with van der Waals surface area (Å²) in [5.74, 6) is 0.920. The molecule has 3 rings (SSSR count). The Morgan fingerprint density at radius 3 is 2.88 bits per heavy atom. The van der Waals surface area contributed by atoms with Crippen LogP contribution in [0.25, 0.3) is 0 Å². The average molecular weight is 216 g/mol. The Balaban J connectivity index is 1.86. The summed E-state index contributed by atoms with van der Waals surface area (Å²) in [6.45, 7) is 0. The summed E-state index contributed by atoms with van der Waals surface area (Å²) < 4.78 is 0. The maximum absolute atomic E-state index is 9.21. The molecule has 3 aliphatic rings. The van der Waals surface area contributed by atoms with Gasteiger partial charge in [-0.3, -0.25) is 0 Å². The van der Waals surface area contributed by atoms with Crippen molar-refractivity contribution in [1.29, 1.82) is 5.26 Å². The average Bonchev–Trinajstić information content (AvgIpc) is 2.35. The number of hydrogen-bond donors (Lipinski definition) is 1. The molecule has 2 saturated carbocycles. The third-order valence-corrected chi connectivity index (χ3v) is 4.59. The summed E-state index contributed by atoms with van der Waals surface area (Å²) in [6.07, 6.45) is 11.4. The van der Waals surface area contributed by atoms with Gasteiger partial charge in [-0.05, 0) is 43.6 Å². The van der Waals surface area contributed by atoms with E-state index in [1.807, 2.05) is 0 Å². The minimum Gasteiger partial charge on any atom is -0.307 e. The van der Waals surface area contributed by atoms with Crippen molar-refractivity contribution in [2.45, 2.75) is 57.0 Å². The van der Waals surface area contributed by atoms with Gasteiger partial charge in [0.15, 0.2) is 0 Å². The topological polar surface area (TPSA) is 35.8 Å². The standard InChI is InChI=1S/C14H20N2/c15-9-11-5-3-7-14-12(11)8-10-4-1-2-6-13(10)16-14/h8,10-11,13-14,16H,1-7H2. The molecule has 1 aliphatic heterocycles. The lowest BCUT2D eigenvalue weighted by Crippen LogP contribution is -2.50. The zero-order chi connectivity index (χ0) is 11.0. The summed E-state index contributed by atoms with van der Waals surface area (Å²) in [7, 11) is 0. The van der Waals surface area contributed by atoms with E-state index < -0.39 is 0 Å². The van der Waals surface area contributed by atoms with Crippen LogP contribution in [0.5, 0.6) is 0 Å². The van der Waals surface area contributed by atoms with Crippen LogP contribution in [-0.2, 0) is 0 Å². The molecule has 4 atom stereocenters. The second-order valence-corrected chi connectivity index (χ2v) is 5.55. The molecule has 16 heavy (non-hydrogen) atoms.